The van der Waals surface area contributed by atoms with Crippen LogP contribution in [-0.2, 0) is 0 Å². The molecule has 0 atom stereocenters. The summed E-state index contributed by atoms with van der Waals surface area (Å²) in [5, 5.41) is 5.72. The van der Waals surface area contributed by atoms with Gasteiger partial charge >= 0.3 is 0 Å². The van der Waals surface area contributed by atoms with Crippen molar-refractivity contribution in [2.45, 2.75) is 0 Å². The van der Waals surface area contributed by atoms with Gasteiger partial charge in [0.1, 0.15) is 0 Å². The normalized spacial score (nSPS) is 10.6. The first-order valence-electron chi connectivity index (χ1n) is 8.17. The summed E-state index contributed by atoms with van der Waals surface area (Å²) < 4.78 is 4.69. The van der Waals surface area contributed by atoms with Crippen LogP contribution >= 0.6 is 95.6 Å². The summed E-state index contributed by atoms with van der Waals surface area (Å²) in [6.45, 7) is 0. The van der Waals surface area contributed by atoms with Crippen molar-refractivity contribution in [3.05, 3.63) is 86.5 Å². The highest BCUT2D eigenvalue weighted by atomic mass is 79.9. The molecule has 0 spiro atoms. The van der Waals surface area contributed by atoms with E-state index in [1.165, 1.54) is 0 Å². The van der Waals surface area contributed by atoms with Crippen molar-refractivity contribution in [1.82, 2.24) is 0 Å². The van der Waals surface area contributed by atoms with Crippen molar-refractivity contribution in [2.24, 2.45) is 0 Å². The molecule has 0 aliphatic carbocycles. The summed E-state index contributed by atoms with van der Waals surface area (Å²) in [5.41, 5.74) is 2.10. The molecule has 3 aromatic carbocycles. The molecule has 3 rings (SSSR count). The summed E-state index contributed by atoms with van der Waals surface area (Å²) in [5.74, 6) is -0.576. The van der Waals surface area contributed by atoms with Gasteiger partial charge in [-0.15, -0.1) is 0 Å². The van der Waals surface area contributed by atoms with Crippen molar-refractivity contribution in [1.29, 1.82) is 0 Å². The van der Waals surface area contributed by atoms with Crippen LogP contribution in [-0.4, -0.2) is 11.8 Å². The fourth-order valence-corrected chi connectivity index (χ4v) is 7.38. The van der Waals surface area contributed by atoms with Gasteiger partial charge in [-0.1, -0.05) is 31.9 Å². The van der Waals surface area contributed by atoms with Crippen molar-refractivity contribution in [3.8, 4) is 0 Å². The van der Waals surface area contributed by atoms with Crippen LogP contribution in [0.4, 0.5) is 11.4 Å². The van der Waals surface area contributed by atoms with E-state index in [1.54, 1.807) is 24.3 Å². The van der Waals surface area contributed by atoms with Crippen molar-refractivity contribution in [2.75, 3.05) is 10.6 Å². The summed E-state index contributed by atoms with van der Waals surface area (Å²) in [6, 6.07) is 13.8. The molecule has 30 heavy (non-hydrogen) atoms. The number of halogens is 6. The first-order valence-corrected chi connectivity index (χ1v) is 12.9. The third kappa shape index (κ3) is 5.83. The highest BCUT2D eigenvalue weighted by Crippen LogP contribution is 2.35. The molecule has 4 nitrogen and oxygen atoms in total. The number of benzene rings is 3. The Bertz CT molecular complexity index is 1010. The van der Waals surface area contributed by atoms with Crippen LogP contribution in [0, 0.1) is 0 Å². The van der Waals surface area contributed by atoms with E-state index in [1.807, 2.05) is 24.3 Å². The van der Waals surface area contributed by atoms with E-state index >= 15 is 0 Å². The number of rotatable bonds is 4. The van der Waals surface area contributed by atoms with Gasteiger partial charge in [-0.2, -0.15) is 0 Å². The van der Waals surface area contributed by atoms with Crippen molar-refractivity contribution < 1.29 is 9.59 Å². The van der Waals surface area contributed by atoms with E-state index < -0.39 is 0 Å². The Kier molecular flexibility index (Phi) is 8.36. The number of carbonyl (C=O) groups is 2. The molecule has 0 fully saturated rings. The number of nitrogens with one attached hydrogen (secondary N) is 2. The molecule has 10 heteroatoms. The molecule has 0 aromatic heterocycles. The van der Waals surface area contributed by atoms with E-state index in [2.05, 4.69) is 106 Å². The Morgan fingerprint density at radius 3 is 1.07 bits per heavy atom. The largest absolute Gasteiger partial charge is 0.320 e. The van der Waals surface area contributed by atoms with Gasteiger partial charge in [0, 0.05) is 38.0 Å². The molecule has 0 heterocycles. The van der Waals surface area contributed by atoms with Gasteiger partial charge in [-0.25, -0.2) is 0 Å². The summed E-state index contributed by atoms with van der Waals surface area (Å²) in [7, 11) is 0. The molecular formula is C20H10Br6N2O2. The molecule has 0 aliphatic rings. The second kappa shape index (κ2) is 10.4. The van der Waals surface area contributed by atoms with E-state index in [9.17, 15) is 9.59 Å². The minimum atomic E-state index is -0.288. The maximum atomic E-state index is 12.6. The number of carbonyl (C=O) groups excluding carboxylic acids is 2. The minimum Gasteiger partial charge on any atom is -0.320 e. The third-order valence-electron chi connectivity index (χ3n) is 3.90. The molecule has 154 valence electrons. The Hall–Kier alpha value is -0.520. The fraction of sp³-hybridized carbons (Fsp3) is 0. The zero-order valence-corrected chi connectivity index (χ0v) is 24.2. The maximum Gasteiger partial charge on any atom is 0.255 e. The summed E-state index contributed by atoms with van der Waals surface area (Å²) in [6.07, 6.45) is 0. The number of hydrogen-bond donors (Lipinski definition) is 2. The zero-order chi connectivity index (χ0) is 22.0. The van der Waals surface area contributed by atoms with Crippen molar-refractivity contribution >= 4 is 119 Å². The molecule has 0 bridgehead atoms. The monoisotopic (exact) mass is 784 g/mol. The highest BCUT2D eigenvalue weighted by molar-refractivity contribution is 9.12. The Morgan fingerprint density at radius 1 is 0.533 bits per heavy atom. The Balaban J connectivity index is 1.75. The average Bonchev–Trinajstić information content (AvgIpc) is 2.67. The molecular weight excluding hydrogens is 780 g/mol. The molecule has 0 aliphatic heterocycles. The lowest BCUT2D eigenvalue weighted by Crippen LogP contribution is -2.15. The number of anilines is 2. The average molecular weight is 790 g/mol. The van der Waals surface area contributed by atoms with Crippen LogP contribution in [0.1, 0.15) is 20.7 Å². The quantitative estimate of drug-likeness (QED) is 0.278. The third-order valence-corrected chi connectivity index (χ3v) is 7.32. The van der Waals surface area contributed by atoms with Gasteiger partial charge in [0.15, 0.2) is 0 Å². The number of hydrogen-bond acceptors (Lipinski definition) is 2. The van der Waals surface area contributed by atoms with Crippen LogP contribution in [0.15, 0.2) is 75.4 Å². The van der Waals surface area contributed by atoms with E-state index in [0.29, 0.717) is 22.5 Å². The number of amides is 2. The minimum absolute atomic E-state index is 0.288. The first-order chi connectivity index (χ1) is 14.2. The van der Waals surface area contributed by atoms with Gasteiger partial charge in [-0.3, -0.25) is 9.59 Å². The second-order valence-electron chi connectivity index (χ2n) is 5.97. The molecule has 0 saturated heterocycles. The molecule has 0 saturated carbocycles. The van der Waals surface area contributed by atoms with Crippen LogP contribution in [0.5, 0.6) is 0 Å². The van der Waals surface area contributed by atoms with Gasteiger partial charge < -0.3 is 10.6 Å². The van der Waals surface area contributed by atoms with E-state index in [4.69, 9.17) is 0 Å². The molecule has 2 N–H and O–H groups in total. The topological polar surface area (TPSA) is 58.2 Å². The van der Waals surface area contributed by atoms with Crippen LogP contribution < -0.4 is 10.6 Å². The molecule has 2 amide bonds. The predicted molar refractivity (Wildman–Crippen MR) is 141 cm³/mol. The van der Waals surface area contributed by atoms with Crippen LogP contribution in [0.2, 0.25) is 0 Å². The summed E-state index contributed by atoms with van der Waals surface area (Å²) in [4.78, 5) is 25.2. The van der Waals surface area contributed by atoms with Gasteiger partial charge in [0.05, 0.1) is 11.4 Å². The van der Waals surface area contributed by atoms with Gasteiger partial charge in [0.2, 0.25) is 0 Å². The predicted octanol–water partition coefficient (Wildman–Crippen LogP) is 8.77. The highest BCUT2D eigenvalue weighted by Gasteiger charge is 2.15. The Morgan fingerprint density at radius 2 is 0.800 bits per heavy atom. The lowest BCUT2D eigenvalue weighted by Gasteiger charge is -2.12. The SMILES string of the molecule is O=C(Nc1c(Br)cc(Br)cc1Br)c1ccc(C(=O)Nc2c(Br)cc(Br)cc2Br)cc1. The lowest BCUT2D eigenvalue weighted by atomic mass is 10.1. The molecule has 0 unspecified atom stereocenters. The van der Waals surface area contributed by atoms with Crippen LogP contribution in [0.25, 0.3) is 0 Å². The first kappa shape index (κ1) is 24.1. The van der Waals surface area contributed by atoms with Crippen LogP contribution in [0.3, 0.4) is 0 Å². The lowest BCUT2D eigenvalue weighted by molar-refractivity contribution is 0.101. The standard InChI is InChI=1S/C20H10Br6N2O2/c21-11-5-13(23)17(14(24)6-11)27-19(29)9-1-2-10(4-3-9)20(30)28-18-15(25)7-12(22)8-16(18)26/h1-8H,(H,27,29)(H,28,30). The zero-order valence-electron chi connectivity index (χ0n) is 14.7. The molecule has 0 radical (unpaired) electrons. The van der Waals surface area contributed by atoms with E-state index in [0.717, 1.165) is 26.8 Å². The van der Waals surface area contributed by atoms with Crippen molar-refractivity contribution in [3.63, 3.8) is 0 Å². The van der Waals surface area contributed by atoms with Gasteiger partial charge in [0.25, 0.3) is 11.8 Å². The second-order valence-corrected chi connectivity index (χ2v) is 11.2. The maximum absolute atomic E-state index is 12.6. The Labute approximate surface area is 223 Å². The van der Waals surface area contributed by atoms with Gasteiger partial charge in [-0.05, 0) is 112 Å². The summed E-state index contributed by atoms with van der Waals surface area (Å²) >= 11 is 20.5. The fourth-order valence-electron chi connectivity index (χ4n) is 2.47. The molecule has 3 aromatic rings. The van der Waals surface area contributed by atoms with E-state index in [-0.39, 0.29) is 11.8 Å². The smallest absolute Gasteiger partial charge is 0.255 e.